The molecule has 2 atom stereocenters. The van der Waals surface area contributed by atoms with E-state index in [1.807, 2.05) is 0 Å². The molecular formula is C25H23ClF3NO5. The van der Waals surface area contributed by atoms with E-state index in [0.717, 1.165) is 22.9 Å². The fourth-order valence-electron chi connectivity index (χ4n) is 3.99. The monoisotopic (exact) mass is 509 g/mol. The molecule has 2 N–H and O–H groups in total. The van der Waals surface area contributed by atoms with Crippen LogP contribution in [0.4, 0.5) is 13.2 Å². The summed E-state index contributed by atoms with van der Waals surface area (Å²) < 4.78 is 49.1. The predicted octanol–water partition coefficient (Wildman–Crippen LogP) is 5.45. The van der Waals surface area contributed by atoms with Crippen molar-refractivity contribution in [2.45, 2.75) is 38.1 Å². The maximum absolute atomic E-state index is 14.3. The quantitative estimate of drug-likeness (QED) is 0.442. The molecule has 10 heteroatoms. The first-order chi connectivity index (χ1) is 16.3. The van der Waals surface area contributed by atoms with Gasteiger partial charge < -0.3 is 19.5 Å². The molecule has 186 valence electrons. The van der Waals surface area contributed by atoms with Gasteiger partial charge in [-0.2, -0.15) is 13.2 Å². The molecule has 2 aromatic carbocycles. The second-order valence-corrected chi connectivity index (χ2v) is 8.39. The van der Waals surface area contributed by atoms with Crippen LogP contribution in [-0.2, 0) is 12.1 Å². The fourth-order valence-corrected chi connectivity index (χ4v) is 4.34. The largest absolute Gasteiger partial charge is 0.496 e. The fraction of sp³-hybridized carbons (Fsp3) is 0.280. The van der Waals surface area contributed by atoms with Crippen LogP contribution >= 0.6 is 11.6 Å². The standard InChI is InChI=1S/C25H23ClF3NO5/c1-4-30-13-17(7-10-22(30)31)24(34,25(27,28)29)14(2)18-8-5-15(11-20(18)26)16-6-9-19(23(32)33)21(12-16)35-3/h5-14,34H,4H2,1-3H3,(H,32,33)/t14-,24-/m0/s1. The van der Waals surface area contributed by atoms with Crippen molar-refractivity contribution in [3.8, 4) is 16.9 Å². The summed E-state index contributed by atoms with van der Waals surface area (Å²) in [4.78, 5) is 23.2. The van der Waals surface area contributed by atoms with Crippen molar-refractivity contribution in [1.29, 1.82) is 0 Å². The number of pyridine rings is 1. The Balaban J connectivity index is 2.09. The molecule has 0 fully saturated rings. The first kappa shape index (κ1) is 26.3. The lowest BCUT2D eigenvalue weighted by Gasteiger charge is -2.37. The Morgan fingerprint density at radius 1 is 1.11 bits per heavy atom. The van der Waals surface area contributed by atoms with Gasteiger partial charge in [-0.25, -0.2) is 4.79 Å². The zero-order chi connectivity index (χ0) is 26.1. The second kappa shape index (κ2) is 9.75. The van der Waals surface area contributed by atoms with Crippen LogP contribution in [0, 0.1) is 0 Å². The van der Waals surface area contributed by atoms with Gasteiger partial charge in [0.15, 0.2) is 5.60 Å². The van der Waals surface area contributed by atoms with Gasteiger partial charge in [0, 0.05) is 35.3 Å². The van der Waals surface area contributed by atoms with E-state index in [-0.39, 0.29) is 28.4 Å². The Kier molecular flexibility index (Phi) is 7.33. The number of rotatable bonds is 7. The van der Waals surface area contributed by atoms with Crippen molar-refractivity contribution in [3.63, 3.8) is 0 Å². The number of alkyl halides is 3. The van der Waals surface area contributed by atoms with Crippen molar-refractivity contribution in [3.05, 3.63) is 86.8 Å². The number of hydrogen-bond acceptors (Lipinski definition) is 4. The van der Waals surface area contributed by atoms with Crippen LogP contribution in [0.25, 0.3) is 11.1 Å². The third-order valence-electron chi connectivity index (χ3n) is 6.06. The molecule has 6 nitrogen and oxygen atoms in total. The highest BCUT2D eigenvalue weighted by Crippen LogP contribution is 2.49. The van der Waals surface area contributed by atoms with Gasteiger partial charge >= 0.3 is 12.1 Å². The normalized spacial score (nSPS) is 14.3. The number of methoxy groups -OCH3 is 1. The number of halogens is 4. The highest BCUT2D eigenvalue weighted by atomic mass is 35.5. The number of carbonyl (C=O) groups is 1. The molecule has 0 aliphatic rings. The molecule has 0 radical (unpaired) electrons. The highest BCUT2D eigenvalue weighted by Gasteiger charge is 2.59. The molecule has 3 aromatic rings. The SMILES string of the molecule is CCn1cc([C@@](O)([C@@H](C)c2ccc(-c3ccc(C(=O)O)c(OC)c3)cc2Cl)C(F)(F)F)ccc1=O. The molecular weight excluding hydrogens is 487 g/mol. The van der Waals surface area contributed by atoms with Gasteiger partial charge in [0.05, 0.1) is 7.11 Å². The molecule has 0 amide bonds. The van der Waals surface area contributed by atoms with E-state index in [4.69, 9.17) is 16.3 Å². The predicted molar refractivity (Wildman–Crippen MR) is 125 cm³/mol. The summed E-state index contributed by atoms with van der Waals surface area (Å²) in [7, 11) is 1.32. The average molecular weight is 510 g/mol. The summed E-state index contributed by atoms with van der Waals surface area (Å²) in [5.74, 6) is -2.59. The number of ether oxygens (including phenoxy) is 1. The molecule has 0 saturated heterocycles. The van der Waals surface area contributed by atoms with Crippen molar-refractivity contribution in [1.82, 2.24) is 4.57 Å². The smallest absolute Gasteiger partial charge is 0.422 e. The van der Waals surface area contributed by atoms with Crippen LogP contribution in [0.3, 0.4) is 0 Å². The molecule has 0 aliphatic heterocycles. The number of aryl methyl sites for hydroxylation is 1. The molecule has 0 bridgehead atoms. The van der Waals surface area contributed by atoms with E-state index < -0.39 is 34.8 Å². The number of carboxylic acid groups (broad SMARTS) is 1. The van der Waals surface area contributed by atoms with Crippen LogP contribution < -0.4 is 10.3 Å². The lowest BCUT2D eigenvalue weighted by atomic mass is 9.78. The van der Waals surface area contributed by atoms with Crippen molar-refractivity contribution < 1.29 is 32.9 Å². The summed E-state index contributed by atoms with van der Waals surface area (Å²) >= 11 is 6.40. The molecule has 35 heavy (non-hydrogen) atoms. The summed E-state index contributed by atoms with van der Waals surface area (Å²) in [6, 6.07) is 10.7. The van der Waals surface area contributed by atoms with Gasteiger partial charge in [0.25, 0.3) is 5.56 Å². The third kappa shape index (κ3) is 4.78. The zero-order valence-electron chi connectivity index (χ0n) is 19.1. The van der Waals surface area contributed by atoms with Crippen molar-refractivity contribution >= 4 is 17.6 Å². The summed E-state index contributed by atoms with van der Waals surface area (Å²) in [5, 5.41) is 20.3. The van der Waals surface area contributed by atoms with E-state index in [1.165, 1.54) is 50.4 Å². The number of benzene rings is 2. The van der Waals surface area contributed by atoms with Crippen LogP contribution in [-0.4, -0.2) is 34.0 Å². The highest BCUT2D eigenvalue weighted by molar-refractivity contribution is 6.31. The number of aromatic carboxylic acids is 1. The maximum Gasteiger partial charge on any atom is 0.422 e. The van der Waals surface area contributed by atoms with Gasteiger partial charge in [0.2, 0.25) is 0 Å². The van der Waals surface area contributed by atoms with E-state index in [9.17, 15) is 33.0 Å². The Morgan fingerprint density at radius 2 is 1.74 bits per heavy atom. The maximum atomic E-state index is 14.3. The Labute approximate surface area is 204 Å². The topological polar surface area (TPSA) is 88.8 Å². The molecule has 0 unspecified atom stereocenters. The second-order valence-electron chi connectivity index (χ2n) is 7.98. The van der Waals surface area contributed by atoms with Crippen LogP contribution in [0.1, 0.15) is 41.3 Å². The van der Waals surface area contributed by atoms with E-state index >= 15 is 0 Å². The summed E-state index contributed by atoms with van der Waals surface area (Å²) in [6.07, 6.45) is -4.07. The van der Waals surface area contributed by atoms with E-state index in [0.29, 0.717) is 11.1 Å². The van der Waals surface area contributed by atoms with Crippen LogP contribution in [0.5, 0.6) is 5.75 Å². The Hall–Kier alpha value is -3.30. The van der Waals surface area contributed by atoms with Gasteiger partial charge in [-0.15, -0.1) is 0 Å². The summed E-state index contributed by atoms with van der Waals surface area (Å²) in [5.41, 5.74) is -3.25. The number of aromatic nitrogens is 1. The van der Waals surface area contributed by atoms with E-state index in [2.05, 4.69) is 0 Å². The Morgan fingerprint density at radius 3 is 2.29 bits per heavy atom. The zero-order valence-corrected chi connectivity index (χ0v) is 19.8. The van der Waals surface area contributed by atoms with Gasteiger partial charge in [-0.05, 0) is 47.9 Å². The van der Waals surface area contributed by atoms with Gasteiger partial charge in [-0.1, -0.05) is 36.7 Å². The molecule has 1 aromatic heterocycles. The van der Waals surface area contributed by atoms with Crippen molar-refractivity contribution in [2.75, 3.05) is 7.11 Å². The average Bonchev–Trinajstić information content (AvgIpc) is 2.82. The minimum Gasteiger partial charge on any atom is -0.496 e. The number of aliphatic hydroxyl groups is 1. The van der Waals surface area contributed by atoms with Crippen molar-refractivity contribution in [2.24, 2.45) is 0 Å². The Bertz CT molecular complexity index is 1320. The first-order valence-corrected chi connectivity index (χ1v) is 10.9. The molecule has 0 saturated carbocycles. The lowest BCUT2D eigenvalue weighted by molar-refractivity contribution is -0.274. The summed E-state index contributed by atoms with van der Waals surface area (Å²) in [6.45, 7) is 2.95. The van der Waals surface area contributed by atoms with E-state index in [1.54, 1.807) is 6.92 Å². The van der Waals surface area contributed by atoms with Crippen LogP contribution in [0.2, 0.25) is 5.02 Å². The lowest BCUT2D eigenvalue weighted by Crippen LogP contribution is -2.47. The van der Waals surface area contributed by atoms with Gasteiger partial charge in [0.1, 0.15) is 11.3 Å². The van der Waals surface area contributed by atoms with Gasteiger partial charge in [-0.3, -0.25) is 4.79 Å². The molecule has 1 heterocycles. The number of hydrogen-bond donors (Lipinski definition) is 2. The number of carboxylic acids is 1. The minimum absolute atomic E-state index is 0.0252. The third-order valence-corrected chi connectivity index (χ3v) is 6.38. The molecule has 0 aliphatic carbocycles. The first-order valence-electron chi connectivity index (χ1n) is 10.6. The molecule has 3 rings (SSSR count). The minimum atomic E-state index is -5.08. The van der Waals surface area contributed by atoms with Crippen LogP contribution in [0.15, 0.2) is 59.5 Å². The molecule has 0 spiro atoms. The number of nitrogens with zero attached hydrogens (tertiary/aromatic N) is 1.